The van der Waals surface area contributed by atoms with Gasteiger partial charge < -0.3 is 5.11 Å². The van der Waals surface area contributed by atoms with Gasteiger partial charge in [0, 0.05) is 12.3 Å². The van der Waals surface area contributed by atoms with Crippen LogP contribution in [-0.4, -0.2) is 31.7 Å². The predicted molar refractivity (Wildman–Crippen MR) is 63.9 cm³/mol. The molecule has 1 N–H and O–H groups in total. The van der Waals surface area contributed by atoms with Crippen LogP contribution >= 0.6 is 0 Å². The van der Waals surface area contributed by atoms with Crippen LogP contribution in [0.2, 0.25) is 0 Å². The van der Waals surface area contributed by atoms with E-state index in [-0.39, 0.29) is 6.61 Å². The van der Waals surface area contributed by atoms with Crippen LogP contribution in [0.3, 0.4) is 0 Å². The summed E-state index contributed by atoms with van der Waals surface area (Å²) in [6, 6.07) is 5.80. The summed E-state index contributed by atoms with van der Waals surface area (Å²) in [5, 5.41) is 16.8. The minimum atomic E-state index is 0.230. The summed E-state index contributed by atoms with van der Waals surface area (Å²) in [6.45, 7) is 2.18. The number of nitrogens with zero attached hydrogens (tertiary/aromatic N) is 4. The molecule has 2 heterocycles. The van der Waals surface area contributed by atoms with Crippen molar-refractivity contribution in [1.29, 1.82) is 0 Å². The van der Waals surface area contributed by atoms with Crippen molar-refractivity contribution in [3.8, 4) is 5.82 Å². The van der Waals surface area contributed by atoms with E-state index in [1.165, 1.54) is 0 Å². The third-order valence-electron chi connectivity index (χ3n) is 2.49. The van der Waals surface area contributed by atoms with Crippen LogP contribution in [0.25, 0.3) is 5.82 Å². The van der Waals surface area contributed by atoms with Gasteiger partial charge in [-0.2, -0.15) is 0 Å². The number of hydrogen-bond acceptors (Lipinski definition) is 4. The molecule has 0 aliphatic rings. The monoisotopic (exact) mass is 232 g/mol. The largest absolute Gasteiger partial charge is 0.396 e. The number of aliphatic hydroxyl groups is 1. The average Bonchev–Trinajstić information content (AvgIpc) is 2.78. The van der Waals surface area contributed by atoms with Gasteiger partial charge >= 0.3 is 0 Å². The van der Waals surface area contributed by atoms with Crippen molar-refractivity contribution >= 4 is 0 Å². The van der Waals surface area contributed by atoms with Gasteiger partial charge in [-0.15, -0.1) is 5.10 Å². The Morgan fingerprint density at radius 3 is 2.94 bits per heavy atom. The first-order chi connectivity index (χ1) is 8.29. The number of hydrogen-bond donors (Lipinski definition) is 1. The van der Waals surface area contributed by atoms with Gasteiger partial charge in [0.25, 0.3) is 0 Å². The van der Waals surface area contributed by atoms with Crippen LogP contribution in [0.4, 0.5) is 0 Å². The Bertz CT molecular complexity index is 481. The lowest BCUT2D eigenvalue weighted by atomic mass is 10.2. The van der Waals surface area contributed by atoms with Gasteiger partial charge in [-0.3, -0.25) is 0 Å². The zero-order valence-electron chi connectivity index (χ0n) is 9.87. The lowest BCUT2D eigenvalue weighted by Gasteiger charge is -1.99. The quantitative estimate of drug-likeness (QED) is 0.789. The van der Waals surface area contributed by atoms with E-state index < -0.39 is 0 Å². The van der Waals surface area contributed by atoms with Gasteiger partial charge in [-0.05, 0) is 38.3 Å². The predicted octanol–water partition coefficient (Wildman–Crippen LogP) is 1.29. The maximum atomic E-state index is 8.71. The molecule has 0 saturated heterocycles. The number of unbranched alkanes of at least 4 members (excludes halogenated alkanes) is 1. The van der Waals surface area contributed by atoms with Crippen molar-refractivity contribution in [2.75, 3.05) is 6.61 Å². The minimum absolute atomic E-state index is 0.230. The smallest absolute Gasteiger partial charge is 0.155 e. The zero-order valence-corrected chi connectivity index (χ0v) is 9.87. The molecule has 0 aliphatic carbocycles. The highest BCUT2D eigenvalue weighted by Gasteiger charge is 2.03. The Labute approximate surface area is 100 Å². The lowest BCUT2D eigenvalue weighted by Crippen LogP contribution is -1.98. The molecule has 0 fully saturated rings. The standard InChI is InChI=1S/C12H16N4O/c1-10-5-4-7-12(13-10)16-9-11(14-15-16)6-2-3-8-17/h4-5,7,9,17H,2-3,6,8H2,1H3. The molecule has 90 valence electrons. The molecule has 2 aromatic heterocycles. The van der Waals surface area contributed by atoms with Gasteiger partial charge in [0.1, 0.15) is 0 Å². The Morgan fingerprint density at radius 1 is 1.29 bits per heavy atom. The van der Waals surface area contributed by atoms with Crippen LogP contribution in [-0.2, 0) is 6.42 Å². The van der Waals surface area contributed by atoms with Crippen molar-refractivity contribution in [1.82, 2.24) is 20.0 Å². The molecular weight excluding hydrogens is 216 g/mol. The van der Waals surface area contributed by atoms with E-state index in [0.717, 1.165) is 36.5 Å². The van der Waals surface area contributed by atoms with E-state index in [1.807, 2.05) is 31.3 Å². The Balaban J connectivity index is 2.07. The van der Waals surface area contributed by atoms with Crippen LogP contribution in [0.15, 0.2) is 24.4 Å². The molecular formula is C12H16N4O. The highest BCUT2D eigenvalue weighted by molar-refractivity contribution is 5.23. The summed E-state index contributed by atoms with van der Waals surface area (Å²) in [7, 11) is 0. The van der Waals surface area contributed by atoms with E-state index >= 15 is 0 Å². The second-order valence-corrected chi connectivity index (χ2v) is 3.97. The molecule has 0 radical (unpaired) electrons. The maximum absolute atomic E-state index is 8.71. The van der Waals surface area contributed by atoms with Crippen LogP contribution in [0, 0.1) is 6.92 Å². The van der Waals surface area contributed by atoms with Gasteiger partial charge in [0.05, 0.1) is 11.9 Å². The SMILES string of the molecule is Cc1cccc(-n2cc(CCCCO)nn2)n1. The summed E-state index contributed by atoms with van der Waals surface area (Å²) in [5.74, 6) is 0.783. The molecule has 0 amide bonds. The zero-order chi connectivity index (χ0) is 12.1. The van der Waals surface area contributed by atoms with E-state index in [2.05, 4.69) is 15.3 Å². The first-order valence-electron chi connectivity index (χ1n) is 5.76. The van der Waals surface area contributed by atoms with Crippen molar-refractivity contribution in [2.45, 2.75) is 26.2 Å². The number of aryl methyl sites for hydroxylation is 2. The molecule has 5 nitrogen and oxygen atoms in total. The van der Waals surface area contributed by atoms with Crippen molar-refractivity contribution in [3.05, 3.63) is 35.8 Å². The Hall–Kier alpha value is -1.75. The third-order valence-corrected chi connectivity index (χ3v) is 2.49. The molecule has 2 rings (SSSR count). The van der Waals surface area contributed by atoms with Crippen LogP contribution in [0.1, 0.15) is 24.2 Å². The molecule has 5 heteroatoms. The normalized spacial score (nSPS) is 10.7. The van der Waals surface area contributed by atoms with Gasteiger partial charge in [-0.1, -0.05) is 11.3 Å². The molecule has 0 unspecified atom stereocenters. The summed E-state index contributed by atoms with van der Waals surface area (Å²) >= 11 is 0. The minimum Gasteiger partial charge on any atom is -0.396 e. The maximum Gasteiger partial charge on any atom is 0.155 e. The molecule has 0 saturated carbocycles. The molecule has 0 aliphatic heterocycles. The average molecular weight is 232 g/mol. The fourth-order valence-electron chi connectivity index (χ4n) is 1.60. The third kappa shape index (κ3) is 3.10. The number of aliphatic hydroxyl groups excluding tert-OH is 1. The van der Waals surface area contributed by atoms with Gasteiger partial charge in [0.2, 0.25) is 0 Å². The fourth-order valence-corrected chi connectivity index (χ4v) is 1.60. The van der Waals surface area contributed by atoms with Gasteiger partial charge in [0.15, 0.2) is 5.82 Å². The van der Waals surface area contributed by atoms with Crippen molar-refractivity contribution in [2.24, 2.45) is 0 Å². The second-order valence-electron chi connectivity index (χ2n) is 3.97. The summed E-state index contributed by atoms with van der Waals surface area (Å²) in [4.78, 5) is 4.37. The first kappa shape index (κ1) is 11.7. The topological polar surface area (TPSA) is 63.8 Å². The van der Waals surface area contributed by atoms with Crippen LogP contribution < -0.4 is 0 Å². The lowest BCUT2D eigenvalue weighted by molar-refractivity contribution is 0.284. The second kappa shape index (κ2) is 5.54. The number of pyridine rings is 1. The molecule has 2 aromatic rings. The molecule has 0 aromatic carbocycles. The molecule has 0 spiro atoms. The number of rotatable bonds is 5. The van der Waals surface area contributed by atoms with E-state index in [0.29, 0.717) is 0 Å². The van der Waals surface area contributed by atoms with Crippen molar-refractivity contribution in [3.63, 3.8) is 0 Å². The Morgan fingerprint density at radius 2 is 2.18 bits per heavy atom. The van der Waals surface area contributed by atoms with E-state index in [1.54, 1.807) is 4.68 Å². The summed E-state index contributed by atoms with van der Waals surface area (Å²) in [6.07, 6.45) is 4.46. The highest BCUT2D eigenvalue weighted by atomic mass is 16.2. The molecule has 0 bridgehead atoms. The fraction of sp³-hybridized carbons (Fsp3) is 0.417. The summed E-state index contributed by atoms with van der Waals surface area (Å²) < 4.78 is 1.68. The highest BCUT2D eigenvalue weighted by Crippen LogP contribution is 2.06. The van der Waals surface area contributed by atoms with Crippen molar-refractivity contribution < 1.29 is 5.11 Å². The van der Waals surface area contributed by atoms with Gasteiger partial charge in [-0.25, -0.2) is 9.67 Å². The van der Waals surface area contributed by atoms with E-state index in [4.69, 9.17) is 5.11 Å². The molecule has 0 atom stereocenters. The van der Waals surface area contributed by atoms with Crippen LogP contribution in [0.5, 0.6) is 0 Å². The summed E-state index contributed by atoms with van der Waals surface area (Å²) in [5.41, 5.74) is 1.89. The Kier molecular flexibility index (Phi) is 3.82. The van der Waals surface area contributed by atoms with E-state index in [9.17, 15) is 0 Å². The number of aromatic nitrogens is 4. The first-order valence-corrected chi connectivity index (χ1v) is 5.76. The molecule has 17 heavy (non-hydrogen) atoms.